The first-order valence-corrected chi connectivity index (χ1v) is 19.3. The number of thiophene rings is 3. The molecule has 0 spiro atoms. The monoisotopic (exact) mass is 689 g/mol. The van der Waals surface area contributed by atoms with E-state index in [1.165, 1.54) is 82.4 Å². The Bertz CT molecular complexity index is 2990. The fourth-order valence-electron chi connectivity index (χ4n) is 7.69. The second-order valence-electron chi connectivity index (χ2n) is 12.9. The summed E-state index contributed by atoms with van der Waals surface area (Å²) in [6.07, 6.45) is 0. The van der Waals surface area contributed by atoms with Crippen LogP contribution in [0.1, 0.15) is 0 Å². The Morgan fingerprint density at radius 2 is 0.780 bits per heavy atom. The van der Waals surface area contributed by atoms with E-state index in [-0.39, 0.29) is 0 Å². The van der Waals surface area contributed by atoms with Crippen LogP contribution >= 0.6 is 34.0 Å². The van der Waals surface area contributed by atoms with E-state index in [1.807, 2.05) is 34.0 Å². The first-order valence-electron chi connectivity index (χ1n) is 16.8. The van der Waals surface area contributed by atoms with E-state index in [4.69, 9.17) is 0 Å². The van der Waals surface area contributed by atoms with E-state index in [9.17, 15) is 0 Å². The highest BCUT2D eigenvalue weighted by Crippen LogP contribution is 2.44. The lowest BCUT2D eigenvalue weighted by Crippen LogP contribution is -2.09. The minimum Gasteiger partial charge on any atom is -0.310 e. The van der Waals surface area contributed by atoms with Crippen molar-refractivity contribution in [2.24, 2.45) is 0 Å². The SMILES string of the molecule is c1ccc2c(c1)sc1cc(N(c3ccc(-c4ccc5c(ccc6sc7ccccc7c65)c4)cc3)c3ccc4c(c3)sc3ccccc34)ccc12. The van der Waals surface area contributed by atoms with Gasteiger partial charge in [0.25, 0.3) is 0 Å². The van der Waals surface area contributed by atoms with Crippen molar-refractivity contribution in [3.8, 4) is 11.1 Å². The van der Waals surface area contributed by atoms with Crippen LogP contribution in [0.4, 0.5) is 17.1 Å². The number of fused-ring (bicyclic) bond motifs is 11. The zero-order valence-corrected chi connectivity index (χ0v) is 29.2. The molecule has 0 unspecified atom stereocenters. The van der Waals surface area contributed by atoms with E-state index in [1.54, 1.807) is 0 Å². The van der Waals surface area contributed by atoms with Crippen molar-refractivity contribution in [2.45, 2.75) is 0 Å². The normalized spacial score (nSPS) is 12.0. The highest BCUT2D eigenvalue weighted by Gasteiger charge is 2.17. The third-order valence-corrected chi connectivity index (χ3v) is 13.5. The van der Waals surface area contributed by atoms with Crippen molar-refractivity contribution in [1.82, 2.24) is 0 Å². The van der Waals surface area contributed by atoms with Gasteiger partial charge < -0.3 is 4.90 Å². The van der Waals surface area contributed by atoms with Crippen molar-refractivity contribution in [2.75, 3.05) is 4.90 Å². The topological polar surface area (TPSA) is 3.24 Å². The van der Waals surface area contributed by atoms with Crippen LogP contribution in [0, 0.1) is 0 Å². The fourth-order valence-corrected chi connectivity index (χ4v) is 11.1. The van der Waals surface area contributed by atoms with Gasteiger partial charge in [-0.25, -0.2) is 0 Å². The highest BCUT2D eigenvalue weighted by molar-refractivity contribution is 7.26. The summed E-state index contributed by atoms with van der Waals surface area (Å²) in [7, 11) is 0. The number of hydrogen-bond acceptors (Lipinski definition) is 4. The zero-order chi connectivity index (χ0) is 32.8. The molecule has 0 amide bonds. The Kier molecular flexibility index (Phi) is 6.23. The molecule has 1 nitrogen and oxygen atoms in total. The molecule has 11 rings (SSSR count). The van der Waals surface area contributed by atoms with Crippen LogP contribution in [0.3, 0.4) is 0 Å². The Balaban J connectivity index is 1.04. The minimum absolute atomic E-state index is 1.14. The summed E-state index contributed by atoms with van der Waals surface area (Å²) >= 11 is 5.61. The molecule has 50 heavy (non-hydrogen) atoms. The van der Waals surface area contributed by atoms with E-state index < -0.39 is 0 Å². The van der Waals surface area contributed by atoms with Crippen molar-refractivity contribution >= 4 is 122 Å². The van der Waals surface area contributed by atoms with Crippen molar-refractivity contribution < 1.29 is 0 Å². The maximum atomic E-state index is 2.41. The van der Waals surface area contributed by atoms with Crippen LogP contribution in [0.15, 0.2) is 164 Å². The standard InChI is InChI=1S/C46H27NS3/c1-4-10-40-35(7-1)37-22-19-32(26-44(37)49-40)47(33-20-23-38-36-8-2-5-11-41(36)50-45(38)27-33)31-17-13-28(14-18-31)29-15-21-34-30(25-29)16-24-43-46(34)39-9-3-6-12-42(39)48-43/h1-27H. The maximum Gasteiger partial charge on any atom is 0.0476 e. The molecule has 0 radical (unpaired) electrons. The summed E-state index contributed by atoms with van der Waals surface area (Å²) in [5.41, 5.74) is 5.91. The number of benzene rings is 8. The van der Waals surface area contributed by atoms with Gasteiger partial charge in [0.15, 0.2) is 0 Å². The molecule has 0 bridgehead atoms. The minimum atomic E-state index is 1.14. The molecule has 0 aliphatic heterocycles. The smallest absolute Gasteiger partial charge is 0.0476 e. The van der Waals surface area contributed by atoms with E-state index >= 15 is 0 Å². The molecule has 4 heteroatoms. The highest BCUT2D eigenvalue weighted by atomic mass is 32.1. The van der Waals surface area contributed by atoms with Crippen LogP contribution in [0.5, 0.6) is 0 Å². The molecular weight excluding hydrogens is 663 g/mol. The third kappa shape index (κ3) is 4.36. The first-order chi connectivity index (χ1) is 24.7. The molecule has 0 N–H and O–H groups in total. The summed E-state index contributed by atoms with van der Waals surface area (Å²) < 4.78 is 7.95. The number of hydrogen-bond donors (Lipinski definition) is 0. The second kappa shape index (κ2) is 11.0. The van der Waals surface area contributed by atoms with Gasteiger partial charge in [0.05, 0.1) is 0 Å². The molecule has 0 saturated carbocycles. The largest absolute Gasteiger partial charge is 0.310 e. The lowest BCUT2D eigenvalue weighted by Gasteiger charge is -2.26. The van der Waals surface area contributed by atoms with E-state index in [0.29, 0.717) is 0 Å². The molecule has 0 saturated heterocycles. The third-order valence-electron chi connectivity index (χ3n) is 10.1. The van der Waals surface area contributed by atoms with Gasteiger partial charge in [-0.2, -0.15) is 0 Å². The Morgan fingerprint density at radius 1 is 0.300 bits per heavy atom. The summed E-state index contributed by atoms with van der Waals surface area (Å²) in [4.78, 5) is 2.41. The zero-order valence-electron chi connectivity index (χ0n) is 26.8. The Morgan fingerprint density at radius 3 is 1.42 bits per heavy atom. The molecular formula is C46H27NS3. The van der Waals surface area contributed by atoms with Crippen LogP contribution in [-0.2, 0) is 0 Å². The van der Waals surface area contributed by atoms with Gasteiger partial charge in [-0.3, -0.25) is 0 Å². The molecule has 0 atom stereocenters. The second-order valence-corrected chi connectivity index (χ2v) is 16.2. The predicted octanol–water partition coefficient (Wildman–Crippen LogP) is 15.1. The average molecular weight is 690 g/mol. The van der Waals surface area contributed by atoms with Gasteiger partial charge in [0, 0.05) is 77.6 Å². The van der Waals surface area contributed by atoms with Gasteiger partial charge in [-0.15, -0.1) is 34.0 Å². The van der Waals surface area contributed by atoms with Crippen LogP contribution < -0.4 is 4.90 Å². The van der Waals surface area contributed by atoms with Crippen molar-refractivity contribution in [3.63, 3.8) is 0 Å². The van der Waals surface area contributed by atoms with Gasteiger partial charge in [0.2, 0.25) is 0 Å². The van der Waals surface area contributed by atoms with Crippen molar-refractivity contribution in [3.05, 3.63) is 164 Å². The molecule has 234 valence electrons. The number of rotatable bonds is 4. The summed E-state index contributed by atoms with van der Waals surface area (Å²) in [5.74, 6) is 0. The number of anilines is 3. The number of nitrogens with zero attached hydrogens (tertiary/aromatic N) is 1. The Hall–Kier alpha value is -5.52. The van der Waals surface area contributed by atoms with E-state index in [2.05, 4.69) is 169 Å². The van der Waals surface area contributed by atoms with Gasteiger partial charge in [-0.05, 0) is 88.6 Å². The lowest BCUT2D eigenvalue weighted by atomic mass is 9.98. The van der Waals surface area contributed by atoms with E-state index in [0.717, 1.165) is 17.1 Å². The lowest BCUT2D eigenvalue weighted by molar-refractivity contribution is 1.30. The summed E-state index contributed by atoms with van der Waals surface area (Å²) in [6, 6.07) is 60.7. The molecule has 0 fully saturated rings. The van der Waals surface area contributed by atoms with Gasteiger partial charge in [0.1, 0.15) is 0 Å². The molecule has 11 aromatic rings. The fraction of sp³-hybridized carbons (Fsp3) is 0. The predicted molar refractivity (Wildman–Crippen MR) is 223 cm³/mol. The molecule has 3 heterocycles. The summed E-state index contributed by atoms with van der Waals surface area (Å²) in [5, 5.41) is 10.6. The molecule has 3 aromatic heterocycles. The van der Waals surface area contributed by atoms with Gasteiger partial charge >= 0.3 is 0 Å². The molecule has 0 aliphatic rings. The maximum absolute atomic E-state index is 2.41. The van der Waals surface area contributed by atoms with Crippen LogP contribution in [0.25, 0.3) is 82.4 Å². The Labute approximate surface area is 300 Å². The summed E-state index contributed by atoms with van der Waals surface area (Å²) in [6.45, 7) is 0. The van der Waals surface area contributed by atoms with Gasteiger partial charge in [-0.1, -0.05) is 97.1 Å². The first kappa shape index (κ1) is 28.3. The molecule has 0 aliphatic carbocycles. The van der Waals surface area contributed by atoms with Crippen molar-refractivity contribution in [1.29, 1.82) is 0 Å². The van der Waals surface area contributed by atoms with Crippen LogP contribution in [-0.4, -0.2) is 0 Å². The quantitative estimate of drug-likeness (QED) is 0.178. The molecule has 8 aromatic carbocycles. The average Bonchev–Trinajstić information content (AvgIpc) is 3.86. The van der Waals surface area contributed by atoms with Crippen LogP contribution in [0.2, 0.25) is 0 Å².